The van der Waals surface area contributed by atoms with E-state index in [1.165, 1.54) is 26.2 Å². The van der Waals surface area contributed by atoms with E-state index >= 15 is 0 Å². The van der Waals surface area contributed by atoms with Gasteiger partial charge in [0.2, 0.25) is 15.9 Å². The number of carbonyl (C=O) groups excluding carboxylic acids is 1. The number of sulfonamides is 1. The normalized spacial score (nSPS) is 11.4. The highest BCUT2D eigenvalue weighted by atomic mass is 32.2. The number of likely N-dealkylation sites (N-methyl/N-ethyl adjacent to an activating group) is 2. The fourth-order valence-electron chi connectivity index (χ4n) is 1.62. The van der Waals surface area contributed by atoms with E-state index in [1.54, 1.807) is 13.0 Å². The summed E-state index contributed by atoms with van der Waals surface area (Å²) in [4.78, 5) is 11.6. The molecular weight excluding hydrogens is 298 g/mol. The first-order valence-corrected chi connectivity index (χ1v) is 7.62. The minimum Gasteiger partial charge on any atom is -0.389 e. The summed E-state index contributed by atoms with van der Waals surface area (Å²) in [5.74, 6) is -0.382. The van der Waals surface area contributed by atoms with E-state index in [-0.39, 0.29) is 22.3 Å². The van der Waals surface area contributed by atoms with Gasteiger partial charge >= 0.3 is 0 Å². The maximum absolute atomic E-state index is 12.3. The van der Waals surface area contributed by atoms with Gasteiger partial charge in [0.05, 0.1) is 11.4 Å². The van der Waals surface area contributed by atoms with Crippen molar-refractivity contribution < 1.29 is 13.2 Å². The third-order valence-corrected chi connectivity index (χ3v) is 4.84. The second kappa shape index (κ2) is 6.29. The summed E-state index contributed by atoms with van der Waals surface area (Å²) in [5.41, 5.74) is 6.84. The molecule has 3 N–H and O–H groups in total. The van der Waals surface area contributed by atoms with Gasteiger partial charge in [-0.3, -0.25) is 4.79 Å². The molecule has 0 aliphatic rings. The Bertz CT molecular complexity index is 641. The lowest BCUT2D eigenvalue weighted by atomic mass is 10.1. The predicted octanol–water partition coefficient (Wildman–Crippen LogP) is -0.00428. The van der Waals surface area contributed by atoms with Gasteiger partial charge in [-0.1, -0.05) is 18.3 Å². The molecule has 110 valence electrons. The lowest BCUT2D eigenvalue weighted by molar-refractivity contribution is -0.120. The summed E-state index contributed by atoms with van der Waals surface area (Å²) >= 11 is 4.88. The molecule has 0 aromatic heterocycles. The standard InChI is InChI=1S/C12H17N3O3S2/c1-8-6-9(4-5-10(8)12(13)19)20(17,18)15(3)7-11(16)14-2/h4-6H,7H2,1-3H3,(H2,13,19)(H,14,16). The molecule has 0 saturated carbocycles. The number of carbonyl (C=O) groups is 1. The monoisotopic (exact) mass is 315 g/mol. The number of benzene rings is 1. The van der Waals surface area contributed by atoms with Gasteiger partial charge in [0.25, 0.3) is 0 Å². The molecule has 0 heterocycles. The lowest BCUT2D eigenvalue weighted by Crippen LogP contribution is -2.36. The van der Waals surface area contributed by atoms with Crippen molar-refractivity contribution in [3.8, 4) is 0 Å². The van der Waals surface area contributed by atoms with Crippen LogP contribution >= 0.6 is 12.2 Å². The molecule has 20 heavy (non-hydrogen) atoms. The van der Waals surface area contributed by atoms with Gasteiger partial charge in [-0.2, -0.15) is 4.31 Å². The van der Waals surface area contributed by atoms with Crippen LogP contribution in [-0.2, 0) is 14.8 Å². The van der Waals surface area contributed by atoms with Crippen molar-refractivity contribution in [2.75, 3.05) is 20.6 Å². The lowest BCUT2D eigenvalue weighted by Gasteiger charge is -2.17. The van der Waals surface area contributed by atoms with E-state index in [2.05, 4.69) is 5.32 Å². The topological polar surface area (TPSA) is 92.5 Å². The number of thiocarbonyl (C=S) groups is 1. The van der Waals surface area contributed by atoms with Gasteiger partial charge in [-0.15, -0.1) is 0 Å². The molecule has 0 radical (unpaired) electrons. The van der Waals surface area contributed by atoms with E-state index in [4.69, 9.17) is 18.0 Å². The van der Waals surface area contributed by atoms with E-state index < -0.39 is 10.0 Å². The third kappa shape index (κ3) is 3.53. The first kappa shape index (κ1) is 16.5. The maximum atomic E-state index is 12.3. The molecule has 1 aromatic carbocycles. The van der Waals surface area contributed by atoms with Crippen LogP contribution in [0, 0.1) is 6.92 Å². The van der Waals surface area contributed by atoms with Crippen LogP contribution in [0.25, 0.3) is 0 Å². The van der Waals surface area contributed by atoms with Gasteiger partial charge in [-0.25, -0.2) is 8.42 Å². The first-order chi connectivity index (χ1) is 9.20. The molecule has 1 amide bonds. The minimum absolute atomic E-state index is 0.0985. The van der Waals surface area contributed by atoms with Crippen molar-refractivity contribution in [3.63, 3.8) is 0 Å². The van der Waals surface area contributed by atoms with Crippen LogP contribution in [0.4, 0.5) is 0 Å². The highest BCUT2D eigenvalue weighted by molar-refractivity contribution is 7.89. The van der Waals surface area contributed by atoms with Crippen LogP contribution in [0.1, 0.15) is 11.1 Å². The molecule has 0 bridgehead atoms. The number of hydrogen-bond donors (Lipinski definition) is 2. The molecule has 0 spiro atoms. The van der Waals surface area contributed by atoms with Crippen LogP contribution in [-0.4, -0.2) is 44.3 Å². The zero-order chi connectivity index (χ0) is 15.5. The van der Waals surface area contributed by atoms with E-state index in [1.807, 2.05) is 0 Å². The molecule has 1 rings (SSSR count). The summed E-state index contributed by atoms with van der Waals surface area (Å²) in [7, 11) is -0.924. The highest BCUT2D eigenvalue weighted by Gasteiger charge is 2.23. The Morgan fingerprint density at radius 3 is 2.50 bits per heavy atom. The molecule has 0 unspecified atom stereocenters. The molecule has 0 aliphatic carbocycles. The highest BCUT2D eigenvalue weighted by Crippen LogP contribution is 2.18. The number of nitrogens with two attached hydrogens (primary N) is 1. The molecular formula is C12H17N3O3S2. The Kier molecular flexibility index (Phi) is 5.21. The van der Waals surface area contributed by atoms with Crippen LogP contribution < -0.4 is 11.1 Å². The third-order valence-electron chi connectivity index (χ3n) is 2.82. The minimum atomic E-state index is -3.72. The molecule has 6 nitrogen and oxygen atoms in total. The van der Waals surface area contributed by atoms with Gasteiger partial charge in [0.15, 0.2) is 0 Å². The number of amides is 1. The largest absolute Gasteiger partial charge is 0.389 e. The quantitative estimate of drug-likeness (QED) is 0.746. The molecule has 8 heteroatoms. The van der Waals surface area contributed by atoms with E-state index in [0.29, 0.717) is 11.1 Å². The average molecular weight is 315 g/mol. The second-order valence-corrected chi connectivity index (χ2v) is 6.76. The van der Waals surface area contributed by atoms with Crippen LogP contribution in [0.5, 0.6) is 0 Å². The smallest absolute Gasteiger partial charge is 0.243 e. The van der Waals surface area contributed by atoms with Gasteiger partial charge in [-0.05, 0) is 24.6 Å². The van der Waals surface area contributed by atoms with Gasteiger partial charge in [0.1, 0.15) is 4.99 Å². The summed E-state index contributed by atoms with van der Waals surface area (Å²) in [6.07, 6.45) is 0. The summed E-state index contributed by atoms with van der Waals surface area (Å²) in [6.45, 7) is 1.49. The Morgan fingerprint density at radius 1 is 1.45 bits per heavy atom. The van der Waals surface area contributed by atoms with Crippen LogP contribution in [0.3, 0.4) is 0 Å². The summed E-state index contributed by atoms with van der Waals surface area (Å²) in [5, 5.41) is 2.38. The van der Waals surface area contributed by atoms with Gasteiger partial charge in [0, 0.05) is 19.7 Å². The summed E-state index contributed by atoms with van der Waals surface area (Å²) in [6, 6.07) is 4.49. The van der Waals surface area contributed by atoms with E-state index in [0.717, 1.165) is 4.31 Å². The SMILES string of the molecule is CNC(=O)CN(C)S(=O)(=O)c1ccc(C(N)=S)c(C)c1. The van der Waals surface area contributed by atoms with Crippen molar-refractivity contribution >= 4 is 33.1 Å². The van der Waals surface area contributed by atoms with Crippen molar-refractivity contribution in [1.29, 1.82) is 0 Å². The van der Waals surface area contributed by atoms with Crippen molar-refractivity contribution in [3.05, 3.63) is 29.3 Å². The Labute approximate surface area is 124 Å². The fraction of sp³-hybridized carbons (Fsp3) is 0.333. The number of nitrogens with zero attached hydrogens (tertiary/aromatic N) is 1. The maximum Gasteiger partial charge on any atom is 0.243 e. The molecule has 0 fully saturated rings. The Morgan fingerprint density at radius 2 is 2.05 bits per heavy atom. The van der Waals surface area contributed by atoms with Crippen molar-refractivity contribution in [1.82, 2.24) is 9.62 Å². The molecule has 0 atom stereocenters. The van der Waals surface area contributed by atoms with Crippen molar-refractivity contribution in [2.24, 2.45) is 5.73 Å². The Balaban J connectivity index is 3.13. The van der Waals surface area contributed by atoms with Gasteiger partial charge < -0.3 is 11.1 Å². The molecule has 0 aliphatic heterocycles. The first-order valence-electron chi connectivity index (χ1n) is 5.77. The van der Waals surface area contributed by atoms with Crippen LogP contribution in [0.15, 0.2) is 23.1 Å². The summed E-state index contributed by atoms with van der Waals surface area (Å²) < 4.78 is 25.6. The zero-order valence-electron chi connectivity index (χ0n) is 11.5. The second-order valence-electron chi connectivity index (χ2n) is 4.28. The number of rotatable bonds is 5. The van der Waals surface area contributed by atoms with Crippen LogP contribution in [0.2, 0.25) is 0 Å². The number of aryl methyl sites for hydroxylation is 1. The molecule has 0 saturated heterocycles. The average Bonchev–Trinajstić information content (AvgIpc) is 2.37. The predicted molar refractivity (Wildman–Crippen MR) is 80.9 cm³/mol. The zero-order valence-corrected chi connectivity index (χ0v) is 13.1. The van der Waals surface area contributed by atoms with E-state index in [9.17, 15) is 13.2 Å². The fourth-order valence-corrected chi connectivity index (χ4v) is 3.06. The number of hydrogen-bond acceptors (Lipinski definition) is 4. The molecule has 1 aromatic rings. The Hall–Kier alpha value is -1.51. The van der Waals surface area contributed by atoms with Crippen molar-refractivity contribution in [2.45, 2.75) is 11.8 Å². The number of nitrogens with one attached hydrogen (secondary N) is 1.